The summed E-state index contributed by atoms with van der Waals surface area (Å²) in [5.74, 6) is 4.47. The maximum absolute atomic E-state index is 11.7. The minimum Gasteiger partial charge on any atom is -0.505 e. The fraction of sp³-hybridized carbons (Fsp3) is 0.286. The second kappa shape index (κ2) is 9.46. The molecule has 0 saturated carbocycles. The van der Waals surface area contributed by atoms with Crippen LogP contribution >= 0.6 is 0 Å². The molecule has 1 aromatic heterocycles. The number of benzene rings is 1. The van der Waals surface area contributed by atoms with Gasteiger partial charge < -0.3 is 25.0 Å². The Labute approximate surface area is 168 Å². The van der Waals surface area contributed by atoms with Crippen molar-refractivity contribution in [1.29, 1.82) is 0 Å². The van der Waals surface area contributed by atoms with Crippen LogP contribution in [0.25, 0.3) is 0 Å². The van der Waals surface area contributed by atoms with Crippen molar-refractivity contribution < 1.29 is 29.3 Å². The average molecular weight is 398 g/mol. The molecule has 0 spiro atoms. The third kappa shape index (κ3) is 7.42. The summed E-state index contributed by atoms with van der Waals surface area (Å²) in [6.07, 6.45) is 1.31. The van der Waals surface area contributed by atoms with Gasteiger partial charge in [0.05, 0.1) is 0 Å². The third-order valence-corrected chi connectivity index (χ3v) is 3.26. The minimum atomic E-state index is -1.20. The van der Waals surface area contributed by atoms with Crippen molar-refractivity contribution in [1.82, 2.24) is 10.3 Å². The Kier molecular flexibility index (Phi) is 7.04. The van der Waals surface area contributed by atoms with Gasteiger partial charge >= 0.3 is 5.97 Å². The minimum absolute atomic E-state index is 0.0978. The molecule has 152 valence electrons. The van der Waals surface area contributed by atoms with Gasteiger partial charge in [-0.2, -0.15) is 0 Å². The molecule has 8 heteroatoms. The van der Waals surface area contributed by atoms with Gasteiger partial charge in [0.2, 0.25) is 0 Å². The summed E-state index contributed by atoms with van der Waals surface area (Å²) >= 11 is 0. The number of nitrogens with one attached hydrogen (secondary N) is 1. The Morgan fingerprint density at radius 1 is 1.21 bits per heavy atom. The lowest BCUT2D eigenvalue weighted by Crippen LogP contribution is -2.29. The number of pyridine rings is 1. The van der Waals surface area contributed by atoms with Crippen LogP contribution in [-0.4, -0.2) is 45.8 Å². The summed E-state index contributed by atoms with van der Waals surface area (Å²) < 4.78 is 11.3. The van der Waals surface area contributed by atoms with E-state index in [2.05, 4.69) is 22.1 Å². The van der Waals surface area contributed by atoms with Gasteiger partial charge in [-0.25, -0.2) is 4.98 Å². The van der Waals surface area contributed by atoms with Crippen LogP contribution in [-0.2, 0) is 4.79 Å². The number of ether oxygens (including phenoxy) is 2. The molecule has 0 aliphatic heterocycles. The quantitative estimate of drug-likeness (QED) is 0.639. The molecule has 1 heterocycles. The van der Waals surface area contributed by atoms with Gasteiger partial charge in [0.1, 0.15) is 36.0 Å². The van der Waals surface area contributed by atoms with Crippen molar-refractivity contribution in [3.05, 3.63) is 47.8 Å². The highest BCUT2D eigenvalue weighted by molar-refractivity contribution is 5.96. The molecule has 1 amide bonds. The number of amides is 1. The van der Waals surface area contributed by atoms with Crippen LogP contribution in [0.5, 0.6) is 17.2 Å². The van der Waals surface area contributed by atoms with E-state index in [1.54, 1.807) is 12.1 Å². The van der Waals surface area contributed by atoms with Crippen LogP contribution in [0, 0.1) is 11.8 Å². The molecule has 0 bridgehead atoms. The number of nitrogens with zero attached hydrogens (tertiary/aromatic N) is 1. The summed E-state index contributed by atoms with van der Waals surface area (Å²) in [7, 11) is 0. The van der Waals surface area contributed by atoms with E-state index in [1.165, 1.54) is 12.3 Å². The van der Waals surface area contributed by atoms with Crippen LogP contribution < -0.4 is 14.8 Å². The predicted molar refractivity (Wildman–Crippen MR) is 105 cm³/mol. The van der Waals surface area contributed by atoms with E-state index in [4.69, 9.17) is 14.6 Å². The number of aliphatic carboxylic acids is 1. The van der Waals surface area contributed by atoms with Crippen molar-refractivity contribution in [2.75, 3.05) is 13.2 Å². The summed E-state index contributed by atoms with van der Waals surface area (Å²) in [4.78, 5) is 26.0. The second-order valence-electron chi connectivity index (χ2n) is 6.95. The molecule has 0 radical (unpaired) electrons. The molecule has 8 nitrogen and oxygen atoms in total. The lowest BCUT2D eigenvalue weighted by Gasteiger charge is -2.21. The van der Waals surface area contributed by atoms with Crippen LogP contribution in [0.15, 0.2) is 36.5 Å². The van der Waals surface area contributed by atoms with E-state index in [0.717, 1.165) is 0 Å². The zero-order valence-corrected chi connectivity index (χ0v) is 16.4. The molecule has 2 rings (SSSR count). The van der Waals surface area contributed by atoms with E-state index in [-0.39, 0.29) is 17.9 Å². The standard InChI is InChI=1S/C21H22N2O6/c1-21(2,3)29-16-8-4-7-15(11-16)28-9-5-6-14-10-17(24)19(22-12-14)20(27)23-13-18(25)26/h4,7-8,10-12,24H,9,13H2,1-3H3,(H,23,27)(H,25,26). The molecular weight excluding hydrogens is 376 g/mol. The third-order valence-electron chi connectivity index (χ3n) is 3.26. The van der Waals surface area contributed by atoms with Gasteiger partial charge in [-0.05, 0) is 39.0 Å². The van der Waals surface area contributed by atoms with Crippen molar-refractivity contribution in [2.24, 2.45) is 0 Å². The molecule has 0 aliphatic carbocycles. The van der Waals surface area contributed by atoms with Crippen LogP contribution in [0.3, 0.4) is 0 Å². The molecule has 2 aromatic rings. The Bertz CT molecular complexity index is 954. The first kappa shape index (κ1) is 21.6. The fourth-order valence-electron chi connectivity index (χ4n) is 2.17. The molecule has 29 heavy (non-hydrogen) atoms. The largest absolute Gasteiger partial charge is 0.505 e. The summed E-state index contributed by atoms with van der Waals surface area (Å²) in [5.41, 5.74) is -0.209. The molecule has 3 N–H and O–H groups in total. The van der Waals surface area contributed by atoms with Gasteiger partial charge in [0.25, 0.3) is 5.91 Å². The topological polar surface area (TPSA) is 118 Å². The highest BCUT2D eigenvalue weighted by atomic mass is 16.5. The van der Waals surface area contributed by atoms with Crippen molar-refractivity contribution in [3.63, 3.8) is 0 Å². The highest BCUT2D eigenvalue weighted by Gasteiger charge is 2.14. The van der Waals surface area contributed by atoms with Gasteiger partial charge in [0.15, 0.2) is 5.69 Å². The lowest BCUT2D eigenvalue weighted by atomic mass is 10.2. The van der Waals surface area contributed by atoms with Crippen molar-refractivity contribution >= 4 is 11.9 Å². The number of hydrogen-bond acceptors (Lipinski definition) is 6. The summed E-state index contributed by atoms with van der Waals surface area (Å²) in [5, 5.41) is 20.6. The molecule has 0 unspecified atom stereocenters. The Morgan fingerprint density at radius 2 is 1.93 bits per heavy atom. The van der Waals surface area contributed by atoms with Crippen molar-refractivity contribution in [3.8, 4) is 29.1 Å². The van der Waals surface area contributed by atoms with Gasteiger partial charge in [-0.15, -0.1) is 0 Å². The zero-order chi connectivity index (χ0) is 21.4. The molecule has 1 aromatic carbocycles. The normalized spacial score (nSPS) is 10.4. The Hall–Kier alpha value is -3.73. The van der Waals surface area contributed by atoms with Crippen LogP contribution in [0.4, 0.5) is 0 Å². The summed E-state index contributed by atoms with van der Waals surface area (Å²) in [6, 6.07) is 8.49. The van der Waals surface area contributed by atoms with E-state index in [0.29, 0.717) is 17.1 Å². The first-order valence-corrected chi connectivity index (χ1v) is 8.74. The van der Waals surface area contributed by atoms with E-state index < -0.39 is 24.2 Å². The second-order valence-corrected chi connectivity index (χ2v) is 6.95. The number of carboxylic acids is 1. The number of carbonyl (C=O) groups is 2. The van der Waals surface area contributed by atoms with E-state index >= 15 is 0 Å². The number of aromatic hydroxyl groups is 1. The first-order valence-electron chi connectivity index (χ1n) is 8.74. The maximum Gasteiger partial charge on any atom is 0.322 e. The van der Waals surface area contributed by atoms with E-state index in [9.17, 15) is 14.7 Å². The van der Waals surface area contributed by atoms with Gasteiger partial charge in [0, 0.05) is 17.8 Å². The molecular formula is C21H22N2O6. The lowest BCUT2D eigenvalue weighted by molar-refractivity contribution is -0.135. The molecule has 0 aliphatic rings. The zero-order valence-electron chi connectivity index (χ0n) is 16.4. The SMILES string of the molecule is CC(C)(C)Oc1cccc(OCC#Cc2cnc(C(=O)NCC(=O)O)c(O)c2)c1. The van der Waals surface area contributed by atoms with Crippen LogP contribution in [0.2, 0.25) is 0 Å². The monoisotopic (exact) mass is 398 g/mol. The number of rotatable bonds is 6. The first-order chi connectivity index (χ1) is 13.6. The Balaban J connectivity index is 1.95. The number of carboxylic acid groups (broad SMARTS) is 1. The van der Waals surface area contributed by atoms with Gasteiger partial charge in [-0.3, -0.25) is 9.59 Å². The predicted octanol–water partition coefficient (Wildman–Crippen LogP) is 2.21. The fourth-order valence-corrected chi connectivity index (χ4v) is 2.17. The highest BCUT2D eigenvalue weighted by Crippen LogP contribution is 2.23. The smallest absolute Gasteiger partial charge is 0.322 e. The van der Waals surface area contributed by atoms with E-state index in [1.807, 2.05) is 32.9 Å². The Morgan fingerprint density at radius 3 is 2.59 bits per heavy atom. The van der Waals surface area contributed by atoms with Crippen molar-refractivity contribution in [2.45, 2.75) is 26.4 Å². The number of hydrogen-bond donors (Lipinski definition) is 3. The molecule has 0 atom stereocenters. The molecule has 0 fully saturated rings. The average Bonchev–Trinajstić information content (AvgIpc) is 2.62. The van der Waals surface area contributed by atoms with Gasteiger partial charge in [-0.1, -0.05) is 17.9 Å². The number of aromatic nitrogens is 1. The van der Waals surface area contributed by atoms with Crippen LogP contribution in [0.1, 0.15) is 36.8 Å². The number of carbonyl (C=O) groups excluding carboxylic acids is 1. The maximum atomic E-state index is 11.7. The molecule has 0 saturated heterocycles. The summed E-state index contributed by atoms with van der Waals surface area (Å²) in [6.45, 7) is 5.39.